The number of amides is 1. The Hall–Kier alpha value is -2.12. The van der Waals surface area contributed by atoms with E-state index in [-0.39, 0.29) is 11.5 Å². The van der Waals surface area contributed by atoms with Crippen molar-refractivity contribution in [3.05, 3.63) is 68.1 Å². The van der Waals surface area contributed by atoms with Gasteiger partial charge in [0.2, 0.25) is 5.91 Å². The van der Waals surface area contributed by atoms with E-state index in [2.05, 4.69) is 43.2 Å². The molecule has 2 aromatic heterocycles. The number of fused-ring (bicyclic) bond motifs is 1. The molecule has 0 fully saturated rings. The number of aryl methyl sites for hydroxylation is 3. The Morgan fingerprint density at radius 2 is 1.96 bits per heavy atom. The Bertz CT molecular complexity index is 984. The van der Waals surface area contributed by atoms with Crippen molar-refractivity contribution in [2.45, 2.75) is 33.1 Å². The molecule has 0 aliphatic rings. The molecule has 0 bridgehead atoms. The second-order valence-corrected chi connectivity index (χ2v) is 8.15. The summed E-state index contributed by atoms with van der Waals surface area (Å²) in [5.74, 6) is 0.873. The highest BCUT2D eigenvalue weighted by atomic mass is 32.2. The highest BCUT2D eigenvalue weighted by molar-refractivity contribution is 7.99. The summed E-state index contributed by atoms with van der Waals surface area (Å²) in [4.78, 5) is 29.2. The summed E-state index contributed by atoms with van der Waals surface area (Å²) in [5, 5.41) is 4.82. The number of nitrogens with one attached hydrogen (secondary N) is 1. The normalized spacial score (nSPS) is 11.0. The quantitative estimate of drug-likeness (QED) is 0.705. The molecule has 0 aliphatic carbocycles. The average molecular weight is 388 g/mol. The largest absolute Gasteiger partial charge is 0.351 e. The fourth-order valence-electron chi connectivity index (χ4n) is 2.94. The molecule has 0 atom stereocenters. The molecule has 0 saturated heterocycles. The molecule has 0 saturated carbocycles. The third kappa shape index (κ3) is 4.34. The third-order valence-electron chi connectivity index (χ3n) is 4.14. The Balaban J connectivity index is 1.52. The van der Waals surface area contributed by atoms with Gasteiger partial charge in [0.1, 0.15) is 0 Å². The van der Waals surface area contributed by atoms with Gasteiger partial charge in [-0.25, -0.2) is 4.98 Å². The number of hydrogen-bond acceptors (Lipinski definition) is 5. The lowest BCUT2D eigenvalue weighted by molar-refractivity contribution is -0.118. The number of benzene rings is 1. The number of thiazole rings is 1. The zero-order chi connectivity index (χ0) is 18.7. The standard InChI is InChI=1S/C19H21N3O2S2/c1-12-6-13(2)16(14(3)7-12)9-20-17(23)11-25-10-15-8-18(24)22-4-5-26-19(22)21-15/h4-8H,9-11H2,1-3H3,(H,20,23). The van der Waals surface area contributed by atoms with E-state index in [4.69, 9.17) is 0 Å². The van der Waals surface area contributed by atoms with Crippen molar-refractivity contribution in [1.82, 2.24) is 14.7 Å². The van der Waals surface area contributed by atoms with Gasteiger partial charge >= 0.3 is 0 Å². The van der Waals surface area contributed by atoms with Gasteiger partial charge in [0.15, 0.2) is 4.96 Å². The highest BCUT2D eigenvalue weighted by Crippen LogP contribution is 2.16. The van der Waals surface area contributed by atoms with Gasteiger partial charge in [-0.1, -0.05) is 17.7 Å². The van der Waals surface area contributed by atoms with Crippen LogP contribution in [0.3, 0.4) is 0 Å². The zero-order valence-corrected chi connectivity index (χ0v) is 16.7. The molecule has 7 heteroatoms. The van der Waals surface area contributed by atoms with E-state index in [1.807, 2.05) is 5.38 Å². The molecule has 3 rings (SSSR count). The van der Waals surface area contributed by atoms with Crippen LogP contribution in [0.2, 0.25) is 0 Å². The first-order valence-electron chi connectivity index (χ1n) is 8.31. The molecule has 2 heterocycles. The van der Waals surface area contributed by atoms with Crippen molar-refractivity contribution in [3.63, 3.8) is 0 Å². The van der Waals surface area contributed by atoms with Gasteiger partial charge in [-0.05, 0) is 37.5 Å². The molecule has 3 aromatic rings. The number of carbonyl (C=O) groups is 1. The summed E-state index contributed by atoms with van der Waals surface area (Å²) in [6.45, 7) is 6.76. The Morgan fingerprint density at radius 3 is 2.69 bits per heavy atom. The van der Waals surface area contributed by atoms with E-state index in [9.17, 15) is 9.59 Å². The van der Waals surface area contributed by atoms with E-state index in [0.29, 0.717) is 28.7 Å². The first kappa shape index (κ1) is 18.7. The molecule has 1 N–H and O–H groups in total. The van der Waals surface area contributed by atoms with Crippen LogP contribution in [0, 0.1) is 20.8 Å². The predicted molar refractivity (Wildman–Crippen MR) is 108 cm³/mol. The summed E-state index contributed by atoms with van der Waals surface area (Å²) >= 11 is 2.89. The van der Waals surface area contributed by atoms with Crippen LogP contribution < -0.4 is 10.9 Å². The minimum atomic E-state index is -0.0818. The molecule has 0 aliphatic heterocycles. The van der Waals surface area contributed by atoms with Gasteiger partial charge < -0.3 is 5.32 Å². The van der Waals surface area contributed by atoms with Crippen LogP contribution in [0.25, 0.3) is 4.96 Å². The maximum Gasteiger partial charge on any atom is 0.258 e. The van der Waals surface area contributed by atoms with Crippen molar-refractivity contribution in [1.29, 1.82) is 0 Å². The summed E-state index contributed by atoms with van der Waals surface area (Å²) < 4.78 is 1.53. The lowest BCUT2D eigenvalue weighted by Crippen LogP contribution is -2.25. The van der Waals surface area contributed by atoms with Crippen molar-refractivity contribution in [2.75, 3.05) is 5.75 Å². The van der Waals surface area contributed by atoms with E-state index in [1.165, 1.54) is 55.8 Å². The second-order valence-electron chi connectivity index (χ2n) is 6.29. The molecular weight excluding hydrogens is 366 g/mol. The second kappa shape index (κ2) is 8.05. The molecule has 1 aromatic carbocycles. The van der Waals surface area contributed by atoms with Crippen LogP contribution >= 0.6 is 23.1 Å². The van der Waals surface area contributed by atoms with Crippen LogP contribution in [0.5, 0.6) is 0 Å². The predicted octanol–water partition coefficient (Wildman–Crippen LogP) is 3.23. The van der Waals surface area contributed by atoms with Crippen LogP contribution in [0.4, 0.5) is 0 Å². The monoisotopic (exact) mass is 387 g/mol. The van der Waals surface area contributed by atoms with Crippen molar-refractivity contribution in [2.24, 2.45) is 0 Å². The summed E-state index contributed by atoms with van der Waals surface area (Å²) in [7, 11) is 0. The summed E-state index contributed by atoms with van der Waals surface area (Å²) in [5.41, 5.74) is 5.43. The SMILES string of the molecule is Cc1cc(C)c(CNC(=O)CSCc2cc(=O)n3ccsc3n2)c(C)c1. The molecular formula is C19H21N3O2S2. The van der Waals surface area contributed by atoms with Crippen LogP contribution in [-0.2, 0) is 17.1 Å². The molecule has 26 heavy (non-hydrogen) atoms. The number of thioether (sulfide) groups is 1. The Labute approximate surface area is 160 Å². The zero-order valence-electron chi connectivity index (χ0n) is 15.0. The van der Waals surface area contributed by atoms with Gasteiger partial charge in [0.05, 0.1) is 11.4 Å². The smallest absolute Gasteiger partial charge is 0.258 e. The van der Waals surface area contributed by atoms with Crippen molar-refractivity contribution >= 4 is 34.0 Å². The Morgan fingerprint density at radius 1 is 1.23 bits per heavy atom. The number of carbonyl (C=O) groups excluding carboxylic acids is 1. The third-order valence-corrected chi connectivity index (χ3v) is 5.86. The fourth-order valence-corrected chi connectivity index (χ4v) is 4.42. The van der Waals surface area contributed by atoms with E-state index < -0.39 is 0 Å². The lowest BCUT2D eigenvalue weighted by atomic mass is 10.00. The lowest BCUT2D eigenvalue weighted by Gasteiger charge is -2.12. The van der Waals surface area contributed by atoms with Crippen LogP contribution in [0.1, 0.15) is 27.9 Å². The minimum absolute atomic E-state index is 0.0108. The van der Waals surface area contributed by atoms with E-state index >= 15 is 0 Å². The fraction of sp³-hybridized carbons (Fsp3) is 0.316. The van der Waals surface area contributed by atoms with Crippen LogP contribution in [-0.4, -0.2) is 21.0 Å². The van der Waals surface area contributed by atoms with Gasteiger partial charge in [0, 0.05) is 29.9 Å². The van der Waals surface area contributed by atoms with Crippen molar-refractivity contribution in [3.8, 4) is 0 Å². The van der Waals surface area contributed by atoms with Crippen molar-refractivity contribution < 1.29 is 4.79 Å². The molecule has 136 valence electrons. The number of hydrogen-bond donors (Lipinski definition) is 1. The molecule has 1 amide bonds. The summed E-state index contributed by atoms with van der Waals surface area (Å²) in [6.07, 6.45) is 1.72. The van der Waals surface area contributed by atoms with E-state index in [0.717, 1.165) is 0 Å². The molecule has 0 spiro atoms. The maximum atomic E-state index is 12.1. The van der Waals surface area contributed by atoms with Gasteiger partial charge in [-0.15, -0.1) is 23.1 Å². The maximum absolute atomic E-state index is 12.1. The molecule has 0 unspecified atom stereocenters. The summed E-state index contributed by atoms with van der Waals surface area (Å²) in [6, 6.07) is 5.80. The number of rotatable bonds is 6. The highest BCUT2D eigenvalue weighted by Gasteiger charge is 2.08. The minimum Gasteiger partial charge on any atom is -0.351 e. The van der Waals surface area contributed by atoms with Gasteiger partial charge in [-0.2, -0.15) is 0 Å². The first-order valence-corrected chi connectivity index (χ1v) is 10.3. The first-order chi connectivity index (χ1) is 12.4. The van der Waals surface area contributed by atoms with Gasteiger partial charge in [-0.3, -0.25) is 14.0 Å². The Kier molecular flexibility index (Phi) is 5.78. The topological polar surface area (TPSA) is 63.5 Å². The number of aromatic nitrogens is 2. The number of nitrogens with zero attached hydrogens (tertiary/aromatic N) is 2. The molecule has 5 nitrogen and oxygen atoms in total. The molecule has 0 radical (unpaired) electrons. The van der Waals surface area contributed by atoms with Gasteiger partial charge in [0.25, 0.3) is 5.56 Å². The van der Waals surface area contributed by atoms with Crippen LogP contribution in [0.15, 0.2) is 34.6 Å². The average Bonchev–Trinajstić information content (AvgIpc) is 3.03. The van der Waals surface area contributed by atoms with E-state index in [1.54, 1.807) is 6.20 Å².